The molecule has 0 heterocycles. The Labute approximate surface area is 125 Å². The van der Waals surface area contributed by atoms with Crippen LogP contribution in [0.2, 0.25) is 0 Å². The van der Waals surface area contributed by atoms with Gasteiger partial charge in [0.2, 0.25) is 6.29 Å². The average Bonchev–Trinajstić information content (AvgIpc) is 2.43. The zero-order chi connectivity index (χ0) is 16.7. The van der Waals surface area contributed by atoms with E-state index in [9.17, 15) is 19.2 Å². The topological polar surface area (TPSA) is 86.7 Å². The lowest BCUT2D eigenvalue weighted by Gasteiger charge is -2.41. The van der Waals surface area contributed by atoms with Gasteiger partial charge in [-0.05, 0) is 26.7 Å². The van der Waals surface area contributed by atoms with Gasteiger partial charge in [0.15, 0.2) is 11.4 Å². The van der Waals surface area contributed by atoms with Gasteiger partial charge in [0.1, 0.15) is 0 Å². The second-order valence-corrected chi connectivity index (χ2v) is 5.09. The molecule has 1 radical (unpaired) electrons. The second kappa shape index (κ2) is 7.90. The Kier molecular flexibility index (Phi) is 7.26. The van der Waals surface area contributed by atoms with Gasteiger partial charge >= 0.3 is 11.9 Å². The van der Waals surface area contributed by atoms with Crippen molar-refractivity contribution in [3.8, 4) is 0 Å². The van der Waals surface area contributed by atoms with Crippen LogP contribution in [-0.4, -0.2) is 36.2 Å². The van der Waals surface area contributed by atoms with Crippen LogP contribution in [0.3, 0.4) is 0 Å². The van der Waals surface area contributed by atoms with Crippen LogP contribution in [0, 0.1) is 5.41 Å². The highest BCUT2D eigenvalue weighted by Crippen LogP contribution is 2.40. The van der Waals surface area contributed by atoms with Gasteiger partial charge in [-0.3, -0.25) is 19.2 Å². The summed E-state index contributed by atoms with van der Waals surface area (Å²) in [5.74, 6) is -1.49. The van der Waals surface area contributed by atoms with Crippen LogP contribution < -0.4 is 0 Å². The van der Waals surface area contributed by atoms with Crippen LogP contribution in [0.25, 0.3) is 0 Å². The first-order chi connectivity index (χ1) is 9.69. The van der Waals surface area contributed by atoms with Crippen LogP contribution >= 0.6 is 0 Å². The Morgan fingerprint density at radius 1 is 1.14 bits per heavy atom. The summed E-state index contributed by atoms with van der Waals surface area (Å²) in [6.45, 7) is 7.17. The molecule has 0 N–H and O–H groups in total. The van der Waals surface area contributed by atoms with Crippen LogP contribution in [0.4, 0.5) is 0 Å². The molecule has 0 aliphatic carbocycles. The maximum absolute atomic E-state index is 12.0. The molecule has 0 saturated carbocycles. The van der Waals surface area contributed by atoms with Gasteiger partial charge in [-0.15, -0.1) is 0 Å². The molecule has 0 aliphatic heterocycles. The third kappa shape index (κ3) is 4.37. The molecule has 2 atom stereocenters. The zero-order valence-electron chi connectivity index (χ0n) is 13.3. The van der Waals surface area contributed by atoms with Crippen molar-refractivity contribution in [2.24, 2.45) is 5.41 Å². The molecule has 0 spiro atoms. The van der Waals surface area contributed by atoms with Crippen LogP contribution in [0.5, 0.6) is 0 Å². The van der Waals surface area contributed by atoms with Gasteiger partial charge in [0.25, 0.3) is 0 Å². The predicted octanol–water partition coefficient (Wildman–Crippen LogP) is 1.75. The summed E-state index contributed by atoms with van der Waals surface area (Å²) in [6.07, 6.45) is 2.21. The molecule has 119 valence electrons. The van der Waals surface area contributed by atoms with Gasteiger partial charge in [0.05, 0.1) is 12.0 Å². The minimum Gasteiger partial charge on any atom is -0.466 e. The number of ketones is 1. The van der Waals surface area contributed by atoms with Crippen molar-refractivity contribution < 1.29 is 28.7 Å². The number of esters is 2. The molecule has 0 bridgehead atoms. The first-order valence-electron chi connectivity index (χ1n) is 6.94. The average molecular weight is 299 g/mol. The van der Waals surface area contributed by atoms with E-state index in [1.165, 1.54) is 20.8 Å². The first kappa shape index (κ1) is 19.3. The first-order valence-corrected chi connectivity index (χ1v) is 6.94. The number of carbonyl (C=O) groups excluding carboxylic acids is 4. The van der Waals surface area contributed by atoms with E-state index < -0.39 is 28.7 Å². The van der Waals surface area contributed by atoms with Crippen molar-refractivity contribution in [3.05, 3.63) is 0 Å². The minimum atomic E-state index is -1.60. The van der Waals surface area contributed by atoms with Gasteiger partial charge < -0.3 is 9.47 Å². The SMILES string of the molecule is CCC(=O)OCCC(C)([C]=O)C(CC)(OC(C)=O)C(C)=O. The fraction of sp³-hybridized carbons (Fsp3) is 0.733. The Morgan fingerprint density at radius 3 is 2.05 bits per heavy atom. The van der Waals surface area contributed by atoms with E-state index in [1.807, 2.05) is 6.29 Å². The summed E-state index contributed by atoms with van der Waals surface area (Å²) in [4.78, 5) is 45.9. The van der Waals surface area contributed by atoms with Crippen molar-refractivity contribution in [2.75, 3.05) is 6.61 Å². The number of Topliss-reactive ketones (excluding diaryl/α,β-unsaturated/α-hetero) is 1. The molecule has 0 rings (SSSR count). The molecule has 0 saturated heterocycles. The smallest absolute Gasteiger partial charge is 0.305 e. The van der Waals surface area contributed by atoms with Crippen molar-refractivity contribution >= 4 is 24.0 Å². The van der Waals surface area contributed by atoms with E-state index in [-0.39, 0.29) is 25.9 Å². The Morgan fingerprint density at radius 2 is 1.71 bits per heavy atom. The highest BCUT2D eigenvalue weighted by atomic mass is 16.6. The molecule has 0 fully saturated rings. The standard InChI is InChI=1S/C15H23O6/c1-6-13(19)20-9-8-14(5,10-16)15(7-2,11(3)17)21-12(4)18/h6-9H2,1-5H3. The van der Waals surface area contributed by atoms with Crippen molar-refractivity contribution in [1.82, 2.24) is 0 Å². The predicted molar refractivity (Wildman–Crippen MR) is 75.1 cm³/mol. The number of hydrogen-bond donors (Lipinski definition) is 0. The third-order valence-electron chi connectivity index (χ3n) is 3.65. The summed E-state index contributed by atoms with van der Waals surface area (Å²) in [7, 11) is 0. The lowest BCUT2D eigenvalue weighted by Crippen LogP contribution is -2.55. The number of ether oxygens (including phenoxy) is 2. The molecule has 0 aliphatic rings. The van der Waals surface area contributed by atoms with Crippen LogP contribution in [-0.2, 0) is 28.7 Å². The Balaban J connectivity index is 5.36. The van der Waals surface area contributed by atoms with Gasteiger partial charge in [0, 0.05) is 13.3 Å². The molecule has 2 unspecified atom stereocenters. The van der Waals surface area contributed by atoms with E-state index in [2.05, 4.69) is 0 Å². The van der Waals surface area contributed by atoms with Crippen molar-refractivity contribution in [2.45, 2.75) is 59.5 Å². The fourth-order valence-electron chi connectivity index (χ4n) is 2.34. The highest BCUT2D eigenvalue weighted by molar-refractivity contribution is 5.92. The molecular formula is C15H23O6. The Bertz CT molecular complexity index is 416. The third-order valence-corrected chi connectivity index (χ3v) is 3.65. The van der Waals surface area contributed by atoms with E-state index in [4.69, 9.17) is 9.47 Å². The van der Waals surface area contributed by atoms with Gasteiger partial charge in [-0.25, -0.2) is 0 Å². The van der Waals surface area contributed by atoms with E-state index in [0.717, 1.165) is 0 Å². The molecule has 21 heavy (non-hydrogen) atoms. The fourth-order valence-corrected chi connectivity index (χ4v) is 2.34. The summed E-state index contributed by atoms with van der Waals surface area (Å²) < 4.78 is 10.1. The lowest BCUT2D eigenvalue weighted by molar-refractivity contribution is -0.177. The number of rotatable bonds is 9. The zero-order valence-corrected chi connectivity index (χ0v) is 13.3. The van der Waals surface area contributed by atoms with E-state index >= 15 is 0 Å². The van der Waals surface area contributed by atoms with Crippen LogP contribution in [0.1, 0.15) is 53.9 Å². The maximum Gasteiger partial charge on any atom is 0.305 e. The molecule has 0 aromatic rings. The summed E-state index contributed by atoms with van der Waals surface area (Å²) in [5, 5.41) is 0. The lowest BCUT2D eigenvalue weighted by atomic mass is 9.68. The van der Waals surface area contributed by atoms with Crippen LogP contribution in [0.15, 0.2) is 0 Å². The molecule has 0 aromatic heterocycles. The summed E-state index contributed by atoms with van der Waals surface area (Å²) >= 11 is 0. The number of carbonyl (C=O) groups is 3. The summed E-state index contributed by atoms with van der Waals surface area (Å²) in [6, 6.07) is 0. The van der Waals surface area contributed by atoms with Gasteiger partial charge in [-0.2, -0.15) is 0 Å². The molecule has 0 aromatic carbocycles. The van der Waals surface area contributed by atoms with Crippen molar-refractivity contribution in [3.63, 3.8) is 0 Å². The normalized spacial score (nSPS) is 16.2. The van der Waals surface area contributed by atoms with E-state index in [1.54, 1.807) is 13.8 Å². The highest BCUT2D eigenvalue weighted by Gasteiger charge is 2.54. The van der Waals surface area contributed by atoms with E-state index in [0.29, 0.717) is 0 Å². The molecule has 6 heteroatoms. The molecule has 6 nitrogen and oxygen atoms in total. The van der Waals surface area contributed by atoms with Gasteiger partial charge in [-0.1, -0.05) is 13.8 Å². The quantitative estimate of drug-likeness (QED) is 0.603. The van der Waals surface area contributed by atoms with Crippen molar-refractivity contribution in [1.29, 1.82) is 0 Å². The summed E-state index contributed by atoms with van der Waals surface area (Å²) in [5.41, 5.74) is -2.98. The number of hydrogen-bond acceptors (Lipinski definition) is 6. The largest absolute Gasteiger partial charge is 0.466 e. The minimum absolute atomic E-state index is 0.0446. The second-order valence-electron chi connectivity index (χ2n) is 5.09. The maximum atomic E-state index is 12.0. The molecule has 0 amide bonds. The monoisotopic (exact) mass is 299 g/mol. The Hall–Kier alpha value is -1.72. The molecular weight excluding hydrogens is 276 g/mol.